The summed E-state index contributed by atoms with van der Waals surface area (Å²) in [6.07, 6.45) is 5.90. The van der Waals surface area contributed by atoms with Crippen molar-refractivity contribution in [2.24, 2.45) is 5.92 Å². The molecular weight excluding hydrogens is 192 g/mol. The summed E-state index contributed by atoms with van der Waals surface area (Å²) in [5.74, 6) is -0.401. The average molecular weight is 209 g/mol. The van der Waals surface area contributed by atoms with Crippen LogP contribution in [0, 0.1) is 5.92 Å². The molecule has 2 aliphatic heterocycles. The van der Waals surface area contributed by atoms with E-state index in [0.29, 0.717) is 16.7 Å². The molecule has 0 aromatic heterocycles. The molecule has 4 nitrogen and oxygen atoms in total. The van der Waals surface area contributed by atoms with Crippen LogP contribution in [0.3, 0.4) is 0 Å². The first-order valence-electron chi connectivity index (χ1n) is 5.93. The van der Waals surface area contributed by atoms with E-state index in [4.69, 9.17) is 0 Å². The summed E-state index contributed by atoms with van der Waals surface area (Å²) in [7, 11) is 0. The maximum Gasteiger partial charge on any atom is 0.351 e. The van der Waals surface area contributed by atoms with Crippen LogP contribution in [0.2, 0.25) is 0 Å². The number of carbonyl (C=O) groups excluding carboxylic acids is 2. The van der Waals surface area contributed by atoms with Crippen LogP contribution in [0.25, 0.3) is 0 Å². The Balaban J connectivity index is 1.89. The molecule has 3 unspecified atom stereocenters. The number of quaternary nitrogens is 1. The highest BCUT2D eigenvalue weighted by Gasteiger charge is 2.76. The molecule has 2 heterocycles. The lowest BCUT2D eigenvalue weighted by Gasteiger charge is -2.12. The molecule has 3 fully saturated rings. The molecule has 82 valence electrons. The highest BCUT2D eigenvalue weighted by atomic mass is 16.2. The van der Waals surface area contributed by atoms with Crippen molar-refractivity contribution in [3.05, 3.63) is 0 Å². The van der Waals surface area contributed by atoms with E-state index in [0.717, 1.165) is 12.8 Å². The van der Waals surface area contributed by atoms with Crippen LogP contribution in [0.1, 0.15) is 39.0 Å². The van der Waals surface area contributed by atoms with Crippen molar-refractivity contribution in [3.63, 3.8) is 0 Å². The predicted octanol–water partition coefficient (Wildman–Crippen LogP) is 0.726. The zero-order valence-corrected chi connectivity index (χ0v) is 9.03. The predicted molar refractivity (Wildman–Crippen MR) is 53.2 cm³/mol. The zero-order valence-electron chi connectivity index (χ0n) is 9.03. The van der Waals surface area contributed by atoms with E-state index in [1.807, 2.05) is 0 Å². The molecule has 1 aliphatic carbocycles. The zero-order chi connectivity index (χ0) is 10.6. The highest BCUT2D eigenvalue weighted by molar-refractivity contribution is 6.01. The molecule has 3 aliphatic rings. The van der Waals surface area contributed by atoms with Gasteiger partial charge in [0.25, 0.3) is 5.91 Å². The second kappa shape index (κ2) is 2.82. The van der Waals surface area contributed by atoms with Crippen LogP contribution in [-0.4, -0.2) is 28.5 Å². The van der Waals surface area contributed by atoms with Crippen molar-refractivity contribution < 1.29 is 14.2 Å². The summed E-state index contributed by atoms with van der Waals surface area (Å²) in [5, 5.41) is 0. The van der Waals surface area contributed by atoms with Crippen molar-refractivity contribution in [1.29, 1.82) is 0 Å². The number of amides is 2. The summed E-state index contributed by atoms with van der Waals surface area (Å²) in [6.45, 7) is 1.73. The van der Waals surface area contributed by atoms with Gasteiger partial charge in [0.15, 0.2) is 18.0 Å². The number of rotatable bonds is 0. The fourth-order valence-electron chi connectivity index (χ4n) is 3.41. The number of hydrogen-bond acceptors (Lipinski definition) is 2. The van der Waals surface area contributed by atoms with Crippen LogP contribution in [0.15, 0.2) is 0 Å². The summed E-state index contributed by atoms with van der Waals surface area (Å²) in [5.41, 5.74) is 2.92. The Hall–Kier alpha value is -0.900. The molecule has 0 aromatic rings. The first-order valence-corrected chi connectivity index (χ1v) is 5.93. The van der Waals surface area contributed by atoms with Crippen molar-refractivity contribution in [2.45, 2.75) is 51.1 Å². The average Bonchev–Trinajstić information content (AvgIpc) is 2.84. The minimum atomic E-state index is -0.433. The summed E-state index contributed by atoms with van der Waals surface area (Å²) >= 11 is 0. The topological polar surface area (TPSA) is 46.2 Å². The largest absolute Gasteiger partial charge is 0.351 e. The molecule has 0 aromatic carbocycles. The second-order valence-corrected chi connectivity index (χ2v) is 5.09. The van der Waals surface area contributed by atoms with Gasteiger partial charge in [-0.25, -0.2) is 4.79 Å². The number of nitrogens with one attached hydrogen (secondary N) is 1. The van der Waals surface area contributed by atoms with E-state index >= 15 is 0 Å². The maximum absolute atomic E-state index is 12.1. The third kappa shape index (κ3) is 1.00. The van der Waals surface area contributed by atoms with E-state index in [1.165, 1.54) is 19.3 Å². The van der Waals surface area contributed by atoms with Crippen LogP contribution in [0.5, 0.6) is 0 Å². The summed E-state index contributed by atoms with van der Waals surface area (Å²) in [6, 6.07) is 0.794. The fraction of sp³-hybridized carbons (Fsp3) is 0.818. The Kier molecular flexibility index (Phi) is 1.75. The van der Waals surface area contributed by atoms with Gasteiger partial charge in [-0.15, -0.1) is 4.59 Å². The molecule has 3 atom stereocenters. The van der Waals surface area contributed by atoms with Gasteiger partial charge in [0, 0.05) is 12.8 Å². The third-order valence-corrected chi connectivity index (χ3v) is 4.32. The summed E-state index contributed by atoms with van der Waals surface area (Å²) < 4.78 is 0.306. The minimum absolute atomic E-state index is 0.0759. The van der Waals surface area contributed by atoms with Crippen molar-refractivity contribution in [3.8, 4) is 0 Å². The van der Waals surface area contributed by atoms with Gasteiger partial charge in [-0.05, 0) is 19.8 Å². The van der Waals surface area contributed by atoms with Crippen LogP contribution in [0.4, 0.5) is 0 Å². The quantitative estimate of drug-likeness (QED) is 0.363. The number of fused-ring (bicyclic) bond motifs is 3. The maximum atomic E-state index is 12.1. The summed E-state index contributed by atoms with van der Waals surface area (Å²) in [4.78, 5) is 23.6. The fourth-order valence-corrected chi connectivity index (χ4v) is 3.41. The van der Waals surface area contributed by atoms with Gasteiger partial charge in [0.05, 0.1) is 0 Å². The third-order valence-electron chi connectivity index (χ3n) is 4.32. The standard InChI is InChI=1S/C11H16N2O2/c1-7-10(14)12-13(11(7)15)8-5-3-2-4-6-9(8)13/h7-9H,2-6H2,1H3/p+1. The van der Waals surface area contributed by atoms with E-state index in [1.54, 1.807) is 6.92 Å². The molecule has 1 spiro atoms. The van der Waals surface area contributed by atoms with Crippen LogP contribution < -0.4 is 5.43 Å². The Labute approximate surface area is 89.2 Å². The molecule has 15 heavy (non-hydrogen) atoms. The van der Waals surface area contributed by atoms with Gasteiger partial charge < -0.3 is 0 Å². The molecule has 0 radical (unpaired) electrons. The van der Waals surface area contributed by atoms with Gasteiger partial charge in [-0.3, -0.25) is 4.79 Å². The second-order valence-electron chi connectivity index (χ2n) is 5.09. The van der Waals surface area contributed by atoms with Gasteiger partial charge in [-0.1, -0.05) is 6.42 Å². The molecule has 1 saturated carbocycles. The molecule has 1 N–H and O–H groups in total. The number of nitrogens with zero attached hydrogens (tertiary/aromatic N) is 1. The van der Waals surface area contributed by atoms with E-state index < -0.39 is 5.92 Å². The Morgan fingerprint density at radius 1 is 1.13 bits per heavy atom. The molecule has 2 amide bonds. The van der Waals surface area contributed by atoms with Gasteiger partial charge in [0.2, 0.25) is 0 Å². The molecular formula is C11H17N2O2+. The minimum Gasteiger partial charge on any atom is -0.269 e. The smallest absolute Gasteiger partial charge is 0.269 e. The number of carbonyl (C=O) groups is 2. The molecule has 4 heteroatoms. The first kappa shape index (κ1) is 9.33. The van der Waals surface area contributed by atoms with Crippen molar-refractivity contribution >= 4 is 11.8 Å². The Morgan fingerprint density at radius 2 is 1.73 bits per heavy atom. The van der Waals surface area contributed by atoms with E-state index in [-0.39, 0.29) is 11.8 Å². The lowest BCUT2D eigenvalue weighted by atomic mass is 10.1. The lowest BCUT2D eigenvalue weighted by molar-refractivity contribution is -0.781. The van der Waals surface area contributed by atoms with E-state index in [9.17, 15) is 9.59 Å². The molecule has 3 rings (SSSR count). The van der Waals surface area contributed by atoms with Gasteiger partial charge in [0.1, 0.15) is 0 Å². The molecule has 0 bridgehead atoms. The Bertz CT molecular complexity index is 327. The highest BCUT2D eigenvalue weighted by Crippen LogP contribution is 2.49. The lowest BCUT2D eigenvalue weighted by Crippen LogP contribution is -2.43. The van der Waals surface area contributed by atoms with Gasteiger partial charge >= 0.3 is 5.91 Å². The molecule has 2 saturated heterocycles. The van der Waals surface area contributed by atoms with Crippen molar-refractivity contribution in [2.75, 3.05) is 0 Å². The monoisotopic (exact) mass is 209 g/mol. The van der Waals surface area contributed by atoms with Crippen molar-refractivity contribution in [1.82, 2.24) is 5.43 Å². The van der Waals surface area contributed by atoms with E-state index in [2.05, 4.69) is 5.43 Å². The SMILES string of the molecule is CC1C(=O)N[N+]2(C1=O)C1CCCCCC12. The van der Waals surface area contributed by atoms with Crippen LogP contribution >= 0.6 is 0 Å². The Morgan fingerprint density at radius 3 is 2.20 bits per heavy atom. The normalized spacial score (nSPS) is 48.7. The van der Waals surface area contributed by atoms with Crippen LogP contribution in [-0.2, 0) is 9.59 Å². The first-order chi connectivity index (χ1) is 7.18. The number of hydrogen-bond donors (Lipinski definition) is 1. The van der Waals surface area contributed by atoms with Gasteiger partial charge in [-0.2, -0.15) is 5.43 Å².